The molecule has 2 nitrogen and oxygen atoms in total. The topological polar surface area (TPSA) is 26.3 Å². The molecule has 1 unspecified atom stereocenters. The van der Waals surface area contributed by atoms with E-state index in [9.17, 15) is 4.79 Å². The average Bonchev–Trinajstić information content (AvgIpc) is 2.43. The van der Waals surface area contributed by atoms with Gasteiger partial charge in [0, 0.05) is 6.08 Å². The summed E-state index contributed by atoms with van der Waals surface area (Å²) in [6.07, 6.45) is 14.0. The number of unbranched alkanes of at least 4 members (excludes halogenated alkanes) is 2. The van der Waals surface area contributed by atoms with Crippen molar-refractivity contribution in [3.8, 4) is 0 Å². The van der Waals surface area contributed by atoms with Gasteiger partial charge in [0.05, 0.1) is 6.61 Å². The summed E-state index contributed by atoms with van der Waals surface area (Å²) in [5.41, 5.74) is 0.967. The van der Waals surface area contributed by atoms with Gasteiger partial charge in [0.25, 0.3) is 0 Å². The summed E-state index contributed by atoms with van der Waals surface area (Å²) in [5, 5.41) is 0. The standard InChI is InChI=1S/C20H36O2/c1-6-7-8-15-22-20(21)16-19(5)14-10-13-18(4)12-9-11-17(2)3/h10,14,16-18H,6-9,11-13,15H2,1-5H3. The molecule has 0 radical (unpaired) electrons. The number of carbonyl (C=O) groups excluding carboxylic acids is 1. The first-order valence-electron chi connectivity index (χ1n) is 8.97. The number of ether oxygens (including phenoxy) is 1. The minimum absolute atomic E-state index is 0.219. The summed E-state index contributed by atoms with van der Waals surface area (Å²) in [5.74, 6) is 1.29. The SMILES string of the molecule is CCCCCOC(=O)C=C(C)C=CCC(C)CCCC(C)C. The van der Waals surface area contributed by atoms with Crippen LogP contribution in [0.4, 0.5) is 0 Å². The van der Waals surface area contributed by atoms with Crippen molar-refractivity contribution in [1.29, 1.82) is 0 Å². The van der Waals surface area contributed by atoms with Gasteiger partial charge < -0.3 is 4.74 Å². The third kappa shape index (κ3) is 13.9. The van der Waals surface area contributed by atoms with Gasteiger partial charge in [-0.3, -0.25) is 0 Å². The van der Waals surface area contributed by atoms with Gasteiger partial charge in [-0.15, -0.1) is 0 Å². The van der Waals surface area contributed by atoms with Gasteiger partial charge in [-0.25, -0.2) is 4.79 Å². The molecule has 0 fully saturated rings. The third-order valence-corrected chi connectivity index (χ3v) is 3.74. The second kappa shape index (κ2) is 13.6. The van der Waals surface area contributed by atoms with E-state index in [2.05, 4.69) is 33.8 Å². The van der Waals surface area contributed by atoms with Gasteiger partial charge in [-0.2, -0.15) is 0 Å². The van der Waals surface area contributed by atoms with Crippen LogP contribution in [0.3, 0.4) is 0 Å². The second-order valence-electron chi connectivity index (χ2n) is 6.83. The van der Waals surface area contributed by atoms with Crippen LogP contribution in [-0.2, 0) is 9.53 Å². The van der Waals surface area contributed by atoms with Crippen molar-refractivity contribution in [3.05, 3.63) is 23.8 Å². The maximum atomic E-state index is 11.6. The summed E-state index contributed by atoms with van der Waals surface area (Å²) in [6.45, 7) is 11.5. The first-order valence-corrected chi connectivity index (χ1v) is 8.97. The van der Waals surface area contributed by atoms with Gasteiger partial charge in [0.1, 0.15) is 0 Å². The van der Waals surface area contributed by atoms with E-state index < -0.39 is 0 Å². The highest BCUT2D eigenvalue weighted by Crippen LogP contribution is 2.15. The fourth-order valence-corrected chi connectivity index (χ4v) is 2.28. The molecule has 0 saturated heterocycles. The summed E-state index contributed by atoms with van der Waals surface area (Å²) in [7, 11) is 0. The minimum Gasteiger partial charge on any atom is -0.463 e. The number of rotatable bonds is 12. The van der Waals surface area contributed by atoms with E-state index >= 15 is 0 Å². The van der Waals surface area contributed by atoms with Crippen LogP contribution in [0.2, 0.25) is 0 Å². The van der Waals surface area contributed by atoms with E-state index in [4.69, 9.17) is 4.74 Å². The van der Waals surface area contributed by atoms with Crippen molar-refractivity contribution < 1.29 is 9.53 Å². The van der Waals surface area contributed by atoms with Crippen LogP contribution >= 0.6 is 0 Å². The molecule has 0 aromatic heterocycles. The van der Waals surface area contributed by atoms with Crippen molar-refractivity contribution in [2.45, 2.75) is 79.6 Å². The van der Waals surface area contributed by atoms with Crippen molar-refractivity contribution in [1.82, 2.24) is 0 Å². The number of hydrogen-bond donors (Lipinski definition) is 0. The Morgan fingerprint density at radius 3 is 2.45 bits per heavy atom. The van der Waals surface area contributed by atoms with E-state index in [1.54, 1.807) is 6.08 Å². The van der Waals surface area contributed by atoms with Gasteiger partial charge >= 0.3 is 5.97 Å². The predicted octanol–water partition coefficient (Wildman–Crippen LogP) is 6.07. The first kappa shape index (κ1) is 20.9. The minimum atomic E-state index is -0.219. The van der Waals surface area contributed by atoms with Gasteiger partial charge in [0.2, 0.25) is 0 Å². The lowest BCUT2D eigenvalue weighted by molar-refractivity contribution is -0.137. The zero-order valence-electron chi connectivity index (χ0n) is 15.4. The van der Waals surface area contributed by atoms with Gasteiger partial charge in [-0.1, -0.05) is 72.0 Å². The summed E-state index contributed by atoms with van der Waals surface area (Å²) < 4.78 is 5.17. The van der Waals surface area contributed by atoms with Crippen LogP contribution in [0.1, 0.15) is 79.6 Å². The normalized spacial score (nSPS) is 13.8. The molecule has 1 atom stereocenters. The zero-order valence-corrected chi connectivity index (χ0v) is 15.4. The Balaban J connectivity index is 3.89. The lowest BCUT2D eigenvalue weighted by Crippen LogP contribution is -2.02. The number of carbonyl (C=O) groups is 1. The Bertz CT molecular complexity index is 340. The highest BCUT2D eigenvalue weighted by molar-refractivity contribution is 5.83. The summed E-state index contributed by atoms with van der Waals surface area (Å²) in [4.78, 5) is 11.6. The van der Waals surface area contributed by atoms with Crippen molar-refractivity contribution in [3.63, 3.8) is 0 Å². The molecule has 0 aromatic carbocycles. The Morgan fingerprint density at radius 1 is 1.09 bits per heavy atom. The molecule has 0 heterocycles. The van der Waals surface area contributed by atoms with Crippen LogP contribution in [0.15, 0.2) is 23.8 Å². The van der Waals surface area contributed by atoms with Crippen molar-refractivity contribution in [2.75, 3.05) is 6.61 Å². The monoisotopic (exact) mass is 308 g/mol. The zero-order chi connectivity index (χ0) is 16.8. The van der Waals surface area contributed by atoms with Crippen LogP contribution in [0.25, 0.3) is 0 Å². The Labute approximate surface area is 138 Å². The maximum absolute atomic E-state index is 11.6. The maximum Gasteiger partial charge on any atom is 0.331 e. The smallest absolute Gasteiger partial charge is 0.331 e. The average molecular weight is 309 g/mol. The molecule has 0 aliphatic carbocycles. The number of esters is 1. The molecule has 0 aliphatic heterocycles. The molecule has 0 rings (SSSR count). The second-order valence-corrected chi connectivity index (χ2v) is 6.83. The first-order chi connectivity index (χ1) is 10.5. The van der Waals surface area contributed by atoms with Crippen molar-refractivity contribution >= 4 is 5.97 Å². The Hall–Kier alpha value is -1.05. The molecule has 0 N–H and O–H groups in total. The highest BCUT2D eigenvalue weighted by Gasteiger charge is 2.01. The lowest BCUT2D eigenvalue weighted by Gasteiger charge is -2.09. The molecule has 0 aliphatic rings. The summed E-state index contributed by atoms with van der Waals surface area (Å²) in [6, 6.07) is 0. The number of allylic oxidation sites excluding steroid dienone is 3. The molecular weight excluding hydrogens is 272 g/mol. The van der Waals surface area contributed by atoms with Crippen LogP contribution < -0.4 is 0 Å². The largest absolute Gasteiger partial charge is 0.463 e. The van der Waals surface area contributed by atoms with Gasteiger partial charge in [-0.05, 0) is 37.2 Å². The highest BCUT2D eigenvalue weighted by atomic mass is 16.5. The predicted molar refractivity (Wildman–Crippen MR) is 95.9 cm³/mol. The molecule has 0 bridgehead atoms. The molecular formula is C20H36O2. The molecule has 0 spiro atoms. The molecule has 0 saturated carbocycles. The van der Waals surface area contributed by atoms with Gasteiger partial charge in [0.15, 0.2) is 0 Å². The van der Waals surface area contributed by atoms with Crippen LogP contribution in [0.5, 0.6) is 0 Å². The Kier molecular flexibility index (Phi) is 13.0. The fraction of sp³-hybridized carbons (Fsp3) is 0.750. The lowest BCUT2D eigenvalue weighted by atomic mass is 9.97. The fourth-order valence-electron chi connectivity index (χ4n) is 2.28. The molecule has 0 aromatic rings. The molecule has 2 heteroatoms. The van der Waals surface area contributed by atoms with E-state index in [1.807, 2.05) is 13.0 Å². The number of hydrogen-bond acceptors (Lipinski definition) is 2. The van der Waals surface area contributed by atoms with Crippen molar-refractivity contribution in [2.24, 2.45) is 11.8 Å². The van der Waals surface area contributed by atoms with E-state index in [1.165, 1.54) is 19.3 Å². The van der Waals surface area contributed by atoms with E-state index in [0.29, 0.717) is 12.5 Å². The van der Waals surface area contributed by atoms with Crippen LogP contribution in [-0.4, -0.2) is 12.6 Å². The third-order valence-electron chi connectivity index (χ3n) is 3.74. The molecule has 0 amide bonds. The molecule has 22 heavy (non-hydrogen) atoms. The molecule has 128 valence electrons. The van der Waals surface area contributed by atoms with E-state index in [-0.39, 0.29) is 5.97 Å². The quantitative estimate of drug-likeness (QED) is 0.189. The summed E-state index contributed by atoms with van der Waals surface area (Å²) >= 11 is 0. The van der Waals surface area contributed by atoms with E-state index in [0.717, 1.165) is 37.2 Å². The Morgan fingerprint density at radius 2 is 1.82 bits per heavy atom. The van der Waals surface area contributed by atoms with Crippen LogP contribution in [0, 0.1) is 11.8 Å².